The van der Waals surface area contributed by atoms with Gasteiger partial charge >= 0.3 is 5.97 Å². The van der Waals surface area contributed by atoms with Crippen LogP contribution < -0.4 is 0 Å². The fourth-order valence-electron chi connectivity index (χ4n) is 3.19. The minimum atomic E-state index is 0.0447. The topological polar surface area (TPSA) is 35.5 Å². The Morgan fingerprint density at radius 3 is 3.07 bits per heavy atom. The largest absolute Gasteiger partial charge is 0.461 e. The van der Waals surface area contributed by atoms with E-state index in [0.717, 1.165) is 18.9 Å². The van der Waals surface area contributed by atoms with Crippen molar-refractivity contribution in [3.05, 3.63) is 0 Å². The molecule has 3 heteroatoms. The van der Waals surface area contributed by atoms with E-state index < -0.39 is 0 Å². The predicted molar refractivity (Wildman–Crippen MR) is 49.5 cm³/mol. The van der Waals surface area contributed by atoms with Crippen molar-refractivity contribution >= 4 is 5.97 Å². The second-order valence-electron chi connectivity index (χ2n) is 5.03. The van der Waals surface area contributed by atoms with Gasteiger partial charge in [-0.2, -0.15) is 0 Å². The van der Waals surface area contributed by atoms with Gasteiger partial charge in [0.1, 0.15) is 6.10 Å². The van der Waals surface area contributed by atoms with E-state index in [9.17, 15) is 4.79 Å². The molecule has 0 spiro atoms. The molecule has 78 valence electrons. The molecule has 0 aromatic carbocycles. The average Bonchev–Trinajstić information content (AvgIpc) is 2.21. The third-order valence-corrected chi connectivity index (χ3v) is 4.01. The Kier molecular flexibility index (Phi) is 1.69. The van der Waals surface area contributed by atoms with Gasteiger partial charge in [-0.15, -0.1) is 0 Å². The molecule has 3 rings (SSSR count). The molecule has 3 nitrogen and oxygen atoms in total. The summed E-state index contributed by atoms with van der Waals surface area (Å²) in [6.07, 6.45) is 1.53. The maximum atomic E-state index is 11.3. The van der Waals surface area contributed by atoms with Gasteiger partial charge < -0.3 is 9.47 Å². The molecule has 2 aliphatic carbocycles. The molecule has 0 aromatic rings. The number of rotatable bonds is 3. The Bertz CT molecular complexity index is 274. The standard InChI is InChI=1S/C11H16O3/c1-5(2)13-4-8-6-3-7-9(6)10(8)14-11(7)12/h5-10H,3-4H2,1-2H3. The zero-order valence-electron chi connectivity index (χ0n) is 8.60. The molecule has 0 bridgehead atoms. The number of hydrogen-bond acceptors (Lipinski definition) is 3. The van der Waals surface area contributed by atoms with Gasteiger partial charge in [-0.25, -0.2) is 0 Å². The van der Waals surface area contributed by atoms with Crippen molar-refractivity contribution in [3.63, 3.8) is 0 Å². The molecule has 0 radical (unpaired) electrons. The number of carbonyl (C=O) groups is 1. The molecule has 0 amide bonds. The Morgan fingerprint density at radius 1 is 1.57 bits per heavy atom. The number of hydrogen-bond donors (Lipinski definition) is 0. The summed E-state index contributed by atoms with van der Waals surface area (Å²) in [7, 11) is 0. The van der Waals surface area contributed by atoms with Gasteiger partial charge in [-0.1, -0.05) is 0 Å². The highest BCUT2D eigenvalue weighted by Gasteiger charge is 2.69. The van der Waals surface area contributed by atoms with Crippen LogP contribution in [0.2, 0.25) is 0 Å². The average molecular weight is 196 g/mol. The lowest BCUT2D eigenvalue weighted by Gasteiger charge is -2.55. The van der Waals surface area contributed by atoms with Crippen LogP contribution >= 0.6 is 0 Å². The summed E-state index contributed by atoms with van der Waals surface area (Å²) in [6.45, 7) is 4.85. The van der Waals surface area contributed by atoms with Gasteiger partial charge in [-0.3, -0.25) is 4.79 Å². The molecule has 14 heavy (non-hydrogen) atoms. The number of ether oxygens (including phenoxy) is 2. The van der Waals surface area contributed by atoms with Crippen molar-refractivity contribution < 1.29 is 14.3 Å². The second kappa shape index (κ2) is 2.72. The van der Waals surface area contributed by atoms with Gasteiger partial charge in [0.2, 0.25) is 0 Å². The molecular weight excluding hydrogens is 180 g/mol. The molecular formula is C11H16O3. The fourth-order valence-corrected chi connectivity index (χ4v) is 3.19. The van der Waals surface area contributed by atoms with Crippen LogP contribution in [0.3, 0.4) is 0 Å². The highest BCUT2D eigenvalue weighted by atomic mass is 16.6. The maximum absolute atomic E-state index is 11.3. The fraction of sp³-hybridized carbons (Fsp3) is 0.909. The van der Waals surface area contributed by atoms with Crippen LogP contribution in [0.5, 0.6) is 0 Å². The SMILES string of the molecule is CC(C)OCC1C2CC3C(=O)OC1C32. The molecule has 0 aromatic heterocycles. The van der Waals surface area contributed by atoms with Crippen LogP contribution in [0.1, 0.15) is 20.3 Å². The van der Waals surface area contributed by atoms with Crippen LogP contribution in [0.15, 0.2) is 0 Å². The first-order valence-electron chi connectivity index (χ1n) is 5.50. The minimum Gasteiger partial charge on any atom is -0.461 e. The van der Waals surface area contributed by atoms with Crippen molar-refractivity contribution in [3.8, 4) is 0 Å². The first-order valence-corrected chi connectivity index (χ1v) is 5.50. The highest BCUT2D eigenvalue weighted by molar-refractivity contribution is 5.78. The Balaban J connectivity index is 1.61. The predicted octanol–water partition coefficient (Wildman–Crippen LogP) is 1.22. The molecule has 3 fully saturated rings. The van der Waals surface area contributed by atoms with Crippen molar-refractivity contribution in [2.45, 2.75) is 32.5 Å². The van der Waals surface area contributed by atoms with E-state index in [-0.39, 0.29) is 24.1 Å². The first-order chi connectivity index (χ1) is 6.68. The van der Waals surface area contributed by atoms with E-state index in [2.05, 4.69) is 0 Å². The molecule has 0 N–H and O–H groups in total. The second-order valence-corrected chi connectivity index (χ2v) is 5.03. The van der Waals surface area contributed by atoms with Gasteiger partial charge in [0.05, 0.1) is 18.6 Å². The molecule has 5 atom stereocenters. The third kappa shape index (κ3) is 0.937. The van der Waals surface area contributed by atoms with Crippen molar-refractivity contribution in [1.29, 1.82) is 0 Å². The quantitative estimate of drug-likeness (QED) is 0.637. The number of carbonyl (C=O) groups excluding carboxylic acids is 1. The summed E-state index contributed by atoms with van der Waals surface area (Å²) in [5.74, 6) is 2.06. The summed E-state index contributed by atoms with van der Waals surface area (Å²) < 4.78 is 10.9. The van der Waals surface area contributed by atoms with E-state index in [0.29, 0.717) is 11.8 Å². The summed E-state index contributed by atoms with van der Waals surface area (Å²) >= 11 is 0. The molecule has 3 aliphatic rings. The Morgan fingerprint density at radius 2 is 2.36 bits per heavy atom. The van der Waals surface area contributed by atoms with Crippen LogP contribution in [-0.4, -0.2) is 24.8 Å². The van der Waals surface area contributed by atoms with Crippen LogP contribution in [-0.2, 0) is 14.3 Å². The summed E-state index contributed by atoms with van der Waals surface area (Å²) in [4.78, 5) is 11.3. The van der Waals surface area contributed by atoms with Crippen molar-refractivity contribution in [1.82, 2.24) is 0 Å². The summed E-state index contributed by atoms with van der Waals surface area (Å²) in [5, 5.41) is 0. The van der Waals surface area contributed by atoms with Crippen molar-refractivity contribution in [2.75, 3.05) is 6.61 Å². The summed E-state index contributed by atoms with van der Waals surface area (Å²) in [5.41, 5.74) is 0. The molecule has 1 saturated heterocycles. The van der Waals surface area contributed by atoms with E-state index in [4.69, 9.17) is 9.47 Å². The lowest BCUT2D eigenvalue weighted by molar-refractivity contribution is -0.162. The smallest absolute Gasteiger partial charge is 0.309 e. The van der Waals surface area contributed by atoms with Gasteiger partial charge in [0.15, 0.2) is 0 Å². The zero-order chi connectivity index (χ0) is 9.87. The molecule has 2 saturated carbocycles. The van der Waals surface area contributed by atoms with Crippen LogP contribution in [0.25, 0.3) is 0 Å². The van der Waals surface area contributed by atoms with E-state index >= 15 is 0 Å². The van der Waals surface area contributed by atoms with Crippen molar-refractivity contribution in [2.24, 2.45) is 23.7 Å². The van der Waals surface area contributed by atoms with E-state index in [1.807, 2.05) is 13.8 Å². The lowest BCUT2D eigenvalue weighted by atomic mass is 9.48. The normalized spacial score (nSPS) is 48.2. The molecule has 5 unspecified atom stereocenters. The lowest BCUT2D eigenvalue weighted by Crippen LogP contribution is -2.59. The number of esters is 1. The Hall–Kier alpha value is -0.570. The van der Waals surface area contributed by atoms with Gasteiger partial charge in [-0.05, 0) is 26.2 Å². The van der Waals surface area contributed by atoms with E-state index in [1.54, 1.807) is 0 Å². The monoisotopic (exact) mass is 196 g/mol. The highest BCUT2D eigenvalue weighted by Crippen LogP contribution is 2.63. The first kappa shape index (κ1) is 8.72. The maximum Gasteiger partial charge on any atom is 0.309 e. The van der Waals surface area contributed by atoms with Crippen LogP contribution in [0, 0.1) is 23.7 Å². The van der Waals surface area contributed by atoms with Crippen LogP contribution in [0.4, 0.5) is 0 Å². The van der Waals surface area contributed by atoms with Gasteiger partial charge in [0.25, 0.3) is 0 Å². The van der Waals surface area contributed by atoms with E-state index in [1.165, 1.54) is 0 Å². The van der Waals surface area contributed by atoms with Gasteiger partial charge in [0, 0.05) is 11.8 Å². The molecule has 1 aliphatic heterocycles. The molecule has 1 heterocycles. The zero-order valence-corrected chi connectivity index (χ0v) is 8.60. The third-order valence-electron chi connectivity index (χ3n) is 4.01. The summed E-state index contributed by atoms with van der Waals surface area (Å²) in [6, 6.07) is 0. The minimum absolute atomic E-state index is 0.0447. The Labute approximate surface area is 83.8 Å².